The summed E-state index contributed by atoms with van der Waals surface area (Å²) in [5.41, 5.74) is 1.05. The number of nitrogens with zero attached hydrogens (tertiary/aromatic N) is 1. The van der Waals surface area contributed by atoms with Gasteiger partial charge in [0.15, 0.2) is 0 Å². The predicted molar refractivity (Wildman–Crippen MR) is 99.7 cm³/mol. The molecule has 4 rings (SSSR count). The Morgan fingerprint density at radius 1 is 1.28 bits per heavy atom. The van der Waals surface area contributed by atoms with Crippen LogP contribution in [0, 0.1) is 0 Å². The molecule has 2 saturated heterocycles. The van der Waals surface area contributed by atoms with Gasteiger partial charge in [0.25, 0.3) is 0 Å². The van der Waals surface area contributed by atoms with Crippen LogP contribution in [0.15, 0.2) is 24.3 Å². The smallest absolute Gasteiger partial charge is 0.238 e. The van der Waals surface area contributed by atoms with Crippen LogP contribution >= 0.6 is 24.8 Å². The Bertz CT molecular complexity index is 604. The lowest BCUT2D eigenvalue weighted by atomic mass is 10.00. The van der Waals surface area contributed by atoms with Gasteiger partial charge in [-0.15, -0.1) is 24.8 Å². The molecule has 4 atom stereocenters. The number of piperazine rings is 1. The lowest BCUT2D eigenvalue weighted by molar-refractivity contribution is -0.125. The fourth-order valence-corrected chi connectivity index (χ4v) is 3.91. The molecule has 0 aliphatic carbocycles. The first-order valence-corrected chi connectivity index (χ1v) is 8.38. The summed E-state index contributed by atoms with van der Waals surface area (Å²) in [5, 5.41) is 16.3. The number of fused-ring (bicyclic) bond motifs is 2. The zero-order valence-corrected chi connectivity index (χ0v) is 15.5. The Labute approximate surface area is 160 Å². The number of rotatable bonds is 2. The van der Waals surface area contributed by atoms with Gasteiger partial charge in [0.1, 0.15) is 5.75 Å². The van der Waals surface area contributed by atoms with Crippen LogP contribution in [0.2, 0.25) is 0 Å². The molecule has 3 aliphatic rings. The molecule has 1 aromatic rings. The standard InChI is InChI=1S/C17H23N3O3.2ClH/c21-12-7-11-8-18-15(10-20(11)9-12)17(22)19-14-5-6-23-16-4-2-1-3-13(14)16;;/h1-4,11-12,14-15,18,21H,5-10H2,(H,19,22);2*1H/t11?,12?,14-,15?;;/m1../s1. The maximum atomic E-state index is 12.6. The van der Waals surface area contributed by atoms with Gasteiger partial charge < -0.3 is 20.5 Å². The number of aliphatic hydroxyl groups is 1. The number of benzene rings is 1. The highest BCUT2D eigenvalue weighted by Crippen LogP contribution is 2.31. The molecule has 1 aromatic carbocycles. The van der Waals surface area contributed by atoms with Crippen molar-refractivity contribution in [1.29, 1.82) is 0 Å². The van der Waals surface area contributed by atoms with Crippen LogP contribution in [0.1, 0.15) is 24.4 Å². The molecule has 2 fully saturated rings. The number of carbonyl (C=O) groups excluding carboxylic acids is 1. The van der Waals surface area contributed by atoms with Crippen molar-refractivity contribution >= 4 is 30.7 Å². The van der Waals surface area contributed by atoms with Crippen LogP contribution in [0.4, 0.5) is 0 Å². The van der Waals surface area contributed by atoms with Gasteiger partial charge in [-0.1, -0.05) is 18.2 Å². The van der Waals surface area contributed by atoms with E-state index in [1.54, 1.807) is 0 Å². The van der Waals surface area contributed by atoms with Crippen molar-refractivity contribution in [3.63, 3.8) is 0 Å². The van der Waals surface area contributed by atoms with Crippen molar-refractivity contribution < 1.29 is 14.6 Å². The summed E-state index contributed by atoms with van der Waals surface area (Å²) in [6, 6.07) is 8.04. The van der Waals surface area contributed by atoms with Gasteiger partial charge in [-0.05, 0) is 12.5 Å². The molecule has 0 radical (unpaired) electrons. The van der Waals surface area contributed by atoms with Crippen molar-refractivity contribution in [2.75, 3.05) is 26.2 Å². The van der Waals surface area contributed by atoms with Gasteiger partial charge in [-0.2, -0.15) is 0 Å². The second kappa shape index (κ2) is 8.56. The van der Waals surface area contributed by atoms with Crippen molar-refractivity contribution in [2.24, 2.45) is 0 Å². The fourth-order valence-electron chi connectivity index (χ4n) is 3.91. The van der Waals surface area contributed by atoms with Crippen molar-refractivity contribution in [1.82, 2.24) is 15.5 Å². The molecule has 0 spiro atoms. The maximum Gasteiger partial charge on any atom is 0.238 e. The molecule has 3 unspecified atom stereocenters. The molecule has 0 aromatic heterocycles. The zero-order valence-electron chi connectivity index (χ0n) is 13.9. The minimum atomic E-state index is -0.258. The third-order valence-corrected chi connectivity index (χ3v) is 5.11. The molecule has 0 bridgehead atoms. The molecular formula is C17H25Cl2N3O3. The molecule has 3 aliphatic heterocycles. The molecule has 1 amide bonds. The van der Waals surface area contributed by atoms with E-state index in [1.807, 2.05) is 24.3 Å². The van der Waals surface area contributed by atoms with Crippen LogP contribution < -0.4 is 15.4 Å². The van der Waals surface area contributed by atoms with Gasteiger partial charge >= 0.3 is 0 Å². The van der Waals surface area contributed by atoms with Gasteiger partial charge in [-0.25, -0.2) is 0 Å². The average molecular weight is 390 g/mol. The summed E-state index contributed by atoms with van der Waals surface area (Å²) in [6.45, 7) is 2.73. The van der Waals surface area contributed by atoms with Crippen LogP contribution in [-0.4, -0.2) is 60.3 Å². The normalized spacial score (nSPS) is 30.8. The molecular weight excluding hydrogens is 365 g/mol. The van der Waals surface area contributed by atoms with E-state index in [2.05, 4.69) is 15.5 Å². The number of hydrogen-bond acceptors (Lipinski definition) is 5. The predicted octanol–water partition coefficient (Wildman–Crippen LogP) is 0.877. The summed E-state index contributed by atoms with van der Waals surface area (Å²) in [6.07, 6.45) is 1.33. The molecule has 8 heteroatoms. The van der Waals surface area contributed by atoms with E-state index in [1.165, 1.54) is 0 Å². The van der Waals surface area contributed by atoms with Crippen molar-refractivity contribution in [2.45, 2.75) is 37.1 Å². The van der Waals surface area contributed by atoms with Crippen molar-refractivity contribution in [3.8, 4) is 5.75 Å². The van der Waals surface area contributed by atoms with Crippen LogP contribution in [0.25, 0.3) is 0 Å². The molecule has 0 saturated carbocycles. The van der Waals surface area contributed by atoms with Crippen molar-refractivity contribution in [3.05, 3.63) is 29.8 Å². The number of carbonyl (C=O) groups is 1. The second-order valence-electron chi connectivity index (χ2n) is 6.69. The number of ether oxygens (including phenoxy) is 1. The zero-order chi connectivity index (χ0) is 15.8. The summed E-state index contributed by atoms with van der Waals surface area (Å²) in [7, 11) is 0. The van der Waals surface area contributed by atoms with Gasteiger partial charge in [-0.3, -0.25) is 9.69 Å². The van der Waals surface area contributed by atoms with E-state index in [0.717, 1.165) is 30.7 Å². The monoisotopic (exact) mass is 389 g/mol. The van der Waals surface area contributed by atoms with Crippen LogP contribution in [-0.2, 0) is 4.79 Å². The van der Waals surface area contributed by atoms with Gasteiger partial charge in [0.05, 0.1) is 24.8 Å². The number of nitrogens with one attached hydrogen (secondary N) is 2. The Morgan fingerprint density at radius 2 is 2.08 bits per heavy atom. The summed E-state index contributed by atoms with van der Waals surface area (Å²) >= 11 is 0. The lowest BCUT2D eigenvalue weighted by Crippen LogP contribution is -2.59. The molecule has 6 nitrogen and oxygen atoms in total. The van der Waals surface area contributed by atoms with Gasteiger partial charge in [0, 0.05) is 37.7 Å². The lowest BCUT2D eigenvalue weighted by Gasteiger charge is -2.36. The highest BCUT2D eigenvalue weighted by molar-refractivity contribution is 5.85. The Kier molecular flexibility index (Phi) is 6.93. The second-order valence-corrected chi connectivity index (χ2v) is 6.69. The highest BCUT2D eigenvalue weighted by Gasteiger charge is 2.38. The fraction of sp³-hybridized carbons (Fsp3) is 0.588. The highest BCUT2D eigenvalue weighted by atomic mass is 35.5. The summed E-state index contributed by atoms with van der Waals surface area (Å²) < 4.78 is 5.65. The minimum Gasteiger partial charge on any atom is -0.493 e. The third-order valence-electron chi connectivity index (χ3n) is 5.11. The van der Waals surface area contributed by atoms with E-state index in [4.69, 9.17) is 4.74 Å². The summed E-state index contributed by atoms with van der Waals surface area (Å²) in [4.78, 5) is 14.9. The average Bonchev–Trinajstić information content (AvgIpc) is 2.94. The number of amides is 1. The number of hydrogen-bond donors (Lipinski definition) is 3. The molecule has 3 heterocycles. The SMILES string of the molecule is Cl.Cl.O=C(N[C@@H]1CCOc2ccccc21)C1CN2CC(O)CC2CN1. The van der Waals surface area contributed by atoms with Crippen LogP contribution in [0.3, 0.4) is 0 Å². The maximum absolute atomic E-state index is 12.6. The number of halogens is 2. The van der Waals surface area contributed by atoms with Gasteiger partial charge in [0.2, 0.25) is 5.91 Å². The van der Waals surface area contributed by atoms with E-state index < -0.39 is 0 Å². The Balaban J connectivity index is 0.00000113. The van der Waals surface area contributed by atoms with E-state index >= 15 is 0 Å². The number of aliphatic hydroxyl groups excluding tert-OH is 1. The molecule has 25 heavy (non-hydrogen) atoms. The third kappa shape index (κ3) is 4.20. The van der Waals surface area contributed by atoms with E-state index in [9.17, 15) is 9.90 Å². The summed E-state index contributed by atoms with van der Waals surface area (Å²) in [5.74, 6) is 0.898. The first-order chi connectivity index (χ1) is 11.2. The topological polar surface area (TPSA) is 73.8 Å². The Hall–Kier alpha value is -1.05. The van der Waals surface area contributed by atoms with E-state index in [-0.39, 0.29) is 48.9 Å². The first kappa shape index (κ1) is 20.3. The Morgan fingerprint density at radius 3 is 2.92 bits per heavy atom. The molecule has 140 valence electrons. The molecule has 3 N–H and O–H groups in total. The quantitative estimate of drug-likeness (QED) is 0.699. The largest absolute Gasteiger partial charge is 0.493 e. The van der Waals surface area contributed by atoms with Crippen LogP contribution in [0.5, 0.6) is 5.75 Å². The van der Waals surface area contributed by atoms with E-state index in [0.29, 0.717) is 25.7 Å². The number of para-hydroxylation sites is 1. The first-order valence-electron chi connectivity index (χ1n) is 8.38. The minimum absolute atomic E-state index is 0.